The van der Waals surface area contributed by atoms with Crippen molar-refractivity contribution in [2.75, 3.05) is 19.5 Å². The number of ether oxygens (including phenoxy) is 3. The first-order valence-electron chi connectivity index (χ1n) is 10.1. The number of esters is 2. The molecule has 0 spiro atoms. The standard InChI is InChI=1S/C25H25NO5/c1-16-9-7-8-10-17(16)15-20(26-18-11-5-4-6-12-18)25-14-13-19(31-25)21(23(27)29-2)22(25)24(28)30-3/h4-14,19-20,26H,15H2,1-3H3. The number of methoxy groups -OCH3 is 2. The summed E-state index contributed by atoms with van der Waals surface area (Å²) in [6, 6.07) is 17.4. The number of para-hydroxylation sites is 1. The van der Waals surface area contributed by atoms with Gasteiger partial charge in [0.05, 0.1) is 31.4 Å². The van der Waals surface area contributed by atoms with Gasteiger partial charge < -0.3 is 19.5 Å². The van der Waals surface area contributed by atoms with Crippen LogP contribution in [-0.4, -0.2) is 43.9 Å². The number of hydrogen-bond donors (Lipinski definition) is 1. The molecule has 3 unspecified atom stereocenters. The Bertz CT molecular complexity index is 1060. The van der Waals surface area contributed by atoms with Crippen LogP contribution in [0, 0.1) is 6.92 Å². The van der Waals surface area contributed by atoms with Crippen LogP contribution in [0.5, 0.6) is 0 Å². The molecule has 1 N–H and O–H groups in total. The van der Waals surface area contributed by atoms with E-state index in [9.17, 15) is 9.59 Å². The molecule has 4 rings (SSSR count). The minimum Gasteiger partial charge on any atom is -0.466 e. The van der Waals surface area contributed by atoms with E-state index in [1.54, 1.807) is 6.08 Å². The molecule has 2 aliphatic heterocycles. The van der Waals surface area contributed by atoms with Crippen LogP contribution in [-0.2, 0) is 30.2 Å². The van der Waals surface area contributed by atoms with Crippen molar-refractivity contribution in [3.05, 3.63) is 89.0 Å². The number of rotatable bonds is 7. The Hall–Kier alpha value is -3.38. The summed E-state index contributed by atoms with van der Waals surface area (Å²) >= 11 is 0. The van der Waals surface area contributed by atoms with Gasteiger partial charge in [-0.15, -0.1) is 0 Å². The van der Waals surface area contributed by atoms with Crippen LogP contribution in [0.1, 0.15) is 11.1 Å². The van der Waals surface area contributed by atoms with Crippen LogP contribution in [0.2, 0.25) is 0 Å². The van der Waals surface area contributed by atoms with E-state index in [2.05, 4.69) is 11.4 Å². The Balaban J connectivity index is 1.83. The highest BCUT2D eigenvalue weighted by molar-refractivity contribution is 6.05. The first-order chi connectivity index (χ1) is 15.0. The van der Waals surface area contributed by atoms with Crippen molar-refractivity contribution in [1.82, 2.24) is 0 Å². The Kier molecular flexibility index (Phi) is 5.65. The second-order valence-electron chi connectivity index (χ2n) is 7.66. The lowest BCUT2D eigenvalue weighted by molar-refractivity contribution is -0.139. The number of fused-ring (bicyclic) bond motifs is 2. The van der Waals surface area contributed by atoms with Crippen LogP contribution in [0.15, 0.2) is 77.9 Å². The number of benzene rings is 2. The van der Waals surface area contributed by atoms with E-state index >= 15 is 0 Å². The summed E-state index contributed by atoms with van der Waals surface area (Å²) in [7, 11) is 2.59. The largest absolute Gasteiger partial charge is 0.466 e. The van der Waals surface area contributed by atoms with Gasteiger partial charge in [-0.2, -0.15) is 0 Å². The number of aryl methyl sites for hydroxylation is 1. The summed E-state index contributed by atoms with van der Waals surface area (Å²) in [6.45, 7) is 2.05. The van der Waals surface area contributed by atoms with Crippen LogP contribution < -0.4 is 5.32 Å². The zero-order valence-electron chi connectivity index (χ0n) is 17.8. The molecule has 6 nitrogen and oxygen atoms in total. The molecule has 0 aliphatic carbocycles. The predicted molar refractivity (Wildman–Crippen MR) is 117 cm³/mol. The summed E-state index contributed by atoms with van der Waals surface area (Å²) in [6.07, 6.45) is 3.57. The van der Waals surface area contributed by atoms with Gasteiger partial charge in [0.15, 0.2) is 0 Å². The third-order valence-corrected chi connectivity index (χ3v) is 5.90. The van der Waals surface area contributed by atoms with Gasteiger partial charge in [0.2, 0.25) is 0 Å². The molecule has 3 atom stereocenters. The zero-order valence-corrected chi connectivity index (χ0v) is 17.8. The normalized spacial score (nSPS) is 22.4. The molecular weight excluding hydrogens is 394 g/mol. The molecule has 2 bridgehead atoms. The van der Waals surface area contributed by atoms with Crippen LogP contribution in [0.25, 0.3) is 0 Å². The van der Waals surface area contributed by atoms with E-state index in [4.69, 9.17) is 14.2 Å². The molecule has 0 aromatic heterocycles. The van der Waals surface area contributed by atoms with Gasteiger partial charge in [0.1, 0.15) is 11.7 Å². The molecule has 0 radical (unpaired) electrons. The summed E-state index contributed by atoms with van der Waals surface area (Å²) in [4.78, 5) is 25.4. The number of hydrogen-bond acceptors (Lipinski definition) is 6. The molecule has 0 saturated carbocycles. The van der Waals surface area contributed by atoms with Crippen molar-refractivity contribution >= 4 is 17.6 Å². The highest BCUT2D eigenvalue weighted by Gasteiger charge is 2.58. The van der Waals surface area contributed by atoms with Crippen molar-refractivity contribution in [3.8, 4) is 0 Å². The first kappa shape index (κ1) is 20.9. The van der Waals surface area contributed by atoms with E-state index in [-0.39, 0.29) is 17.2 Å². The Morgan fingerprint density at radius 1 is 1.03 bits per heavy atom. The van der Waals surface area contributed by atoms with Crippen LogP contribution >= 0.6 is 0 Å². The molecule has 2 aromatic carbocycles. The van der Waals surface area contributed by atoms with E-state index in [0.717, 1.165) is 16.8 Å². The molecule has 0 fully saturated rings. The van der Waals surface area contributed by atoms with Crippen LogP contribution in [0.4, 0.5) is 5.69 Å². The molecule has 6 heteroatoms. The van der Waals surface area contributed by atoms with Crippen LogP contribution in [0.3, 0.4) is 0 Å². The fourth-order valence-corrected chi connectivity index (χ4v) is 4.35. The predicted octanol–water partition coefficient (Wildman–Crippen LogP) is 3.37. The van der Waals surface area contributed by atoms with Gasteiger partial charge in [-0.25, -0.2) is 9.59 Å². The van der Waals surface area contributed by atoms with Crippen molar-refractivity contribution in [3.63, 3.8) is 0 Å². The Morgan fingerprint density at radius 2 is 1.71 bits per heavy atom. The second kappa shape index (κ2) is 8.40. The van der Waals surface area contributed by atoms with E-state index < -0.39 is 23.6 Å². The summed E-state index contributed by atoms with van der Waals surface area (Å²) in [5.74, 6) is -1.19. The maximum absolute atomic E-state index is 12.9. The lowest BCUT2D eigenvalue weighted by atomic mass is 9.78. The fraction of sp³-hybridized carbons (Fsp3) is 0.280. The van der Waals surface area contributed by atoms with Gasteiger partial charge in [-0.05, 0) is 42.7 Å². The smallest absolute Gasteiger partial charge is 0.337 e. The molecule has 2 heterocycles. The minimum absolute atomic E-state index is 0.191. The third kappa shape index (κ3) is 3.64. The monoisotopic (exact) mass is 419 g/mol. The van der Waals surface area contributed by atoms with Gasteiger partial charge in [-0.1, -0.05) is 48.5 Å². The quantitative estimate of drug-likeness (QED) is 0.548. The number of anilines is 1. The van der Waals surface area contributed by atoms with Gasteiger partial charge in [-0.3, -0.25) is 0 Å². The fourth-order valence-electron chi connectivity index (χ4n) is 4.35. The Labute approximate surface area is 181 Å². The highest BCUT2D eigenvalue weighted by atomic mass is 16.6. The lowest BCUT2D eigenvalue weighted by Gasteiger charge is -2.36. The Morgan fingerprint density at radius 3 is 2.39 bits per heavy atom. The molecular formula is C25H25NO5. The summed E-state index contributed by atoms with van der Waals surface area (Å²) in [5, 5.41) is 3.53. The topological polar surface area (TPSA) is 73.9 Å². The SMILES string of the molecule is COC(=O)C1=C(C(=O)OC)C2(C(Cc3ccccc3C)Nc3ccccc3)C=CC1O2. The maximum atomic E-state index is 12.9. The molecule has 2 aromatic rings. The van der Waals surface area contributed by atoms with Crippen molar-refractivity contribution in [2.45, 2.75) is 31.1 Å². The van der Waals surface area contributed by atoms with E-state index in [1.807, 2.05) is 61.5 Å². The van der Waals surface area contributed by atoms with Gasteiger partial charge in [0.25, 0.3) is 0 Å². The number of carbonyl (C=O) groups is 2. The zero-order chi connectivity index (χ0) is 22.0. The third-order valence-electron chi connectivity index (χ3n) is 5.90. The van der Waals surface area contributed by atoms with Gasteiger partial charge >= 0.3 is 11.9 Å². The molecule has 2 aliphatic rings. The average Bonchev–Trinajstić information content (AvgIpc) is 3.38. The number of nitrogens with one attached hydrogen (secondary N) is 1. The molecule has 160 valence electrons. The second-order valence-corrected chi connectivity index (χ2v) is 7.66. The average molecular weight is 419 g/mol. The summed E-state index contributed by atoms with van der Waals surface area (Å²) in [5.41, 5.74) is 2.34. The maximum Gasteiger partial charge on any atom is 0.337 e. The molecule has 0 saturated heterocycles. The van der Waals surface area contributed by atoms with Crippen molar-refractivity contribution in [2.24, 2.45) is 0 Å². The first-order valence-corrected chi connectivity index (χ1v) is 10.1. The molecule has 31 heavy (non-hydrogen) atoms. The van der Waals surface area contributed by atoms with Crippen molar-refractivity contribution in [1.29, 1.82) is 0 Å². The highest BCUT2D eigenvalue weighted by Crippen LogP contribution is 2.47. The lowest BCUT2D eigenvalue weighted by Crippen LogP contribution is -2.49. The minimum atomic E-state index is -1.17. The molecule has 0 amide bonds. The van der Waals surface area contributed by atoms with Gasteiger partial charge in [0, 0.05) is 5.69 Å². The number of carbonyl (C=O) groups excluding carboxylic acids is 2. The van der Waals surface area contributed by atoms with Crippen molar-refractivity contribution < 1.29 is 23.8 Å². The summed E-state index contributed by atoms with van der Waals surface area (Å²) < 4.78 is 16.3. The van der Waals surface area contributed by atoms with E-state index in [0.29, 0.717) is 6.42 Å². The van der Waals surface area contributed by atoms with E-state index in [1.165, 1.54) is 14.2 Å².